The summed E-state index contributed by atoms with van der Waals surface area (Å²) in [6.45, 7) is 0. The average Bonchev–Trinajstić information content (AvgIpc) is 3.20. The Morgan fingerprint density at radius 1 is 1.25 bits per heavy atom. The fourth-order valence-corrected chi connectivity index (χ4v) is 3.12. The molecular formula is C13H12N6S. The third-order valence-corrected chi connectivity index (χ3v) is 4.35. The Balaban J connectivity index is 1.79. The SMILES string of the molecule is Nc1cccc2c(Sc3nnnn3C3CC3)ccnc12. The van der Waals surface area contributed by atoms with E-state index < -0.39 is 0 Å². The molecule has 2 N–H and O–H groups in total. The van der Waals surface area contributed by atoms with Crippen LogP contribution in [0.1, 0.15) is 18.9 Å². The van der Waals surface area contributed by atoms with Crippen molar-refractivity contribution in [3.8, 4) is 0 Å². The number of tetrazole rings is 1. The molecular weight excluding hydrogens is 272 g/mol. The molecule has 1 saturated carbocycles. The van der Waals surface area contributed by atoms with Crippen molar-refractivity contribution >= 4 is 28.4 Å². The molecule has 3 aromatic rings. The summed E-state index contributed by atoms with van der Waals surface area (Å²) < 4.78 is 1.91. The number of anilines is 1. The van der Waals surface area contributed by atoms with Crippen LogP contribution in [-0.4, -0.2) is 25.2 Å². The topological polar surface area (TPSA) is 82.5 Å². The molecule has 0 aliphatic heterocycles. The van der Waals surface area contributed by atoms with Gasteiger partial charge in [0.2, 0.25) is 5.16 Å². The number of nitrogens with two attached hydrogens (primary N) is 1. The van der Waals surface area contributed by atoms with Crippen molar-refractivity contribution in [1.82, 2.24) is 25.2 Å². The van der Waals surface area contributed by atoms with Gasteiger partial charge in [-0.15, -0.1) is 5.10 Å². The first-order valence-corrected chi connectivity index (χ1v) is 7.23. The van der Waals surface area contributed by atoms with E-state index in [-0.39, 0.29) is 0 Å². The second kappa shape index (κ2) is 4.45. The summed E-state index contributed by atoms with van der Waals surface area (Å²) in [6.07, 6.45) is 4.08. The van der Waals surface area contributed by atoms with Crippen LogP contribution in [-0.2, 0) is 0 Å². The molecule has 0 saturated heterocycles. The summed E-state index contributed by atoms with van der Waals surface area (Å²) in [5.41, 5.74) is 7.48. The molecule has 2 heterocycles. The highest BCUT2D eigenvalue weighted by Gasteiger charge is 2.28. The lowest BCUT2D eigenvalue weighted by molar-refractivity contribution is 0.565. The molecule has 2 aromatic heterocycles. The predicted molar refractivity (Wildman–Crippen MR) is 76.4 cm³/mol. The van der Waals surface area contributed by atoms with Crippen LogP contribution in [0.15, 0.2) is 40.5 Å². The highest BCUT2D eigenvalue weighted by molar-refractivity contribution is 7.99. The minimum Gasteiger partial charge on any atom is -0.397 e. The number of fused-ring (bicyclic) bond motifs is 1. The first kappa shape index (κ1) is 11.7. The lowest BCUT2D eigenvalue weighted by atomic mass is 10.2. The van der Waals surface area contributed by atoms with E-state index in [1.807, 2.05) is 28.9 Å². The second-order valence-corrected chi connectivity index (χ2v) is 5.80. The molecule has 1 aromatic carbocycles. The van der Waals surface area contributed by atoms with Crippen LogP contribution in [0, 0.1) is 0 Å². The zero-order chi connectivity index (χ0) is 13.5. The van der Waals surface area contributed by atoms with Gasteiger partial charge in [0.1, 0.15) is 0 Å². The number of para-hydroxylation sites is 1. The van der Waals surface area contributed by atoms with Gasteiger partial charge in [0.25, 0.3) is 0 Å². The highest BCUT2D eigenvalue weighted by Crippen LogP contribution is 2.39. The molecule has 0 bridgehead atoms. The smallest absolute Gasteiger partial charge is 0.214 e. The Labute approximate surface area is 119 Å². The maximum atomic E-state index is 5.97. The van der Waals surface area contributed by atoms with E-state index in [1.165, 1.54) is 0 Å². The third-order valence-electron chi connectivity index (χ3n) is 3.32. The van der Waals surface area contributed by atoms with E-state index in [0.29, 0.717) is 11.7 Å². The summed E-state index contributed by atoms with van der Waals surface area (Å²) in [6, 6.07) is 8.25. The maximum absolute atomic E-state index is 5.97. The molecule has 1 aliphatic rings. The van der Waals surface area contributed by atoms with Crippen molar-refractivity contribution in [2.45, 2.75) is 28.9 Å². The number of pyridine rings is 1. The Bertz CT molecular complexity index is 779. The predicted octanol–water partition coefficient (Wildman–Crippen LogP) is 2.29. The van der Waals surface area contributed by atoms with Gasteiger partial charge in [-0.25, -0.2) is 4.68 Å². The van der Waals surface area contributed by atoms with Gasteiger partial charge in [0.15, 0.2) is 0 Å². The second-order valence-electron chi connectivity index (χ2n) is 4.79. The van der Waals surface area contributed by atoms with E-state index in [2.05, 4.69) is 20.5 Å². The molecule has 1 aliphatic carbocycles. The Kier molecular flexibility index (Phi) is 2.59. The Morgan fingerprint density at radius 2 is 2.15 bits per heavy atom. The van der Waals surface area contributed by atoms with Crippen LogP contribution in [0.4, 0.5) is 5.69 Å². The first-order valence-electron chi connectivity index (χ1n) is 6.42. The first-order chi connectivity index (χ1) is 9.83. The summed E-state index contributed by atoms with van der Waals surface area (Å²) >= 11 is 1.56. The third kappa shape index (κ3) is 1.90. The van der Waals surface area contributed by atoms with Crippen molar-refractivity contribution < 1.29 is 0 Å². The molecule has 0 amide bonds. The van der Waals surface area contributed by atoms with Crippen molar-refractivity contribution in [1.29, 1.82) is 0 Å². The van der Waals surface area contributed by atoms with Crippen molar-refractivity contribution in [3.63, 3.8) is 0 Å². The fraction of sp³-hybridized carbons (Fsp3) is 0.231. The maximum Gasteiger partial charge on any atom is 0.214 e. The van der Waals surface area contributed by atoms with Crippen LogP contribution < -0.4 is 5.73 Å². The summed E-state index contributed by atoms with van der Waals surface area (Å²) in [5, 5.41) is 13.8. The summed E-state index contributed by atoms with van der Waals surface area (Å²) in [7, 11) is 0. The molecule has 1 fully saturated rings. The van der Waals surface area contributed by atoms with E-state index >= 15 is 0 Å². The number of hydrogen-bond donors (Lipinski definition) is 1. The van der Waals surface area contributed by atoms with Crippen LogP contribution >= 0.6 is 11.8 Å². The molecule has 20 heavy (non-hydrogen) atoms. The van der Waals surface area contributed by atoms with E-state index in [1.54, 1.807) is 18.0 Å². The summed E-state index contributed by atoms with van der Waals surface area (Å²) in [5.74, 6) is 0. The van der Waals surface area contributed by atoms with Crippen molar-refractivity contribution in [3.05, 3.63) is 30.5 Å². The van der Waals surface area contributed by atoms with Crippen molar-refractivity contribution in [2.24, 2.45) is 0 Å². The van der Waals surface area contributed by atoms with E-state index in [0.717, 1.165) is 33.8 Å². The average molecular weight is 284 g/mol. The number of rotatable bonds is 3. The van der Waals surface area contributed by atoms with Gasteiger partial charge in [0, 0.05) is 16.5 Å². The number of nitrogen functional groups attached to an aromatic ring is 1. The largest absolute Gasteiger partial charge is 0.397 e. The molecule has 100 valence electrons. The number of nitrogens with zero attached hydrogens (tertiary/aromatic N) is 5. The van der Waals surface area contributed by atoms with Gasteiger partial charge >= 0.3 is 0 Å². The zero-order valence-corrected chi connectivity index (χ0v) is 11.4. The van der Waals surface area contributed by atoms with Gasteiger partial charge in [-0.05, 0) is 47.2 Å². The molecule has 7 heteroatoms. The standard InChI is InChI=1S/C13H12N6S/c14-10-3-1-2-9-11(6-7-15-12(9)10)20-13-16-17-18-19(13)8-4-5-8/h1-3,6-8H,4-5,14H2. The minimum absolute atomic E-state index is 0.464. The normalized spacial score (nSPS) is 14.8. The zero-order valence-electron chi connectivity index (χ0n) is 10.6. The van der Waals surface area contributed by atoms with Gasteiger partial charge in [-0.1, -0.05) is 12.1 Å². The van der Waals surface area contributed by atoms with E-state index in [4.69, 9.17) is 5.73 Å². The summed E-state index contributed by atoms with van der Waals surface area (Å²) in [4.78, 5) is 5.41. The van der Waals surface area contributed by atoms with E-state index in [9.17, 15) is 0 Å². The minimum atomic E-state index is 0.464. The van der Waals surface area contributed by atoms with Gasteiger partial charge < -0.3 is 5.73 Å². The molecule has 4 rings (SSSR count). The highest BCUT2D eigenvalue weighted by atomic mass is 32.2. The lowest BCUT2D eigenvalue weighted by Crippen LogP contribution is -1.98. The fourth-order valence-electron chi connectivity index (χ4n) is 2.16. The molecule has 0 unspecified atom stereocenters. The van der Waals surface area contributed by atoms with Crippen LogP contribution in [0.5, 0.6) is 0 Å². The van der Waals surface area contributed by atoms with Crippen molar-refractivity contribution in [2.75, 3.05) is 5.73 Å². The van der Waals surface area contributed by atoms with Gasteiger partial charge in [0.05, 0.1) is 17.2 Å². The molecule has 6 nitrogen and oxygen atoms in total. The van der Waals surface area contributed by atoms with Gasteiger partial charge in [-0.3, -0.25) is 4.98 Å². The monoisotopic (exact) mass is 284 g/mol. The van der Waals surface area contributed by atoms with Crippen LogP contribution in [0.3, 0.4) is 0 Å². The van der Waals surface area contributed by atoms with Gasteiger partial charge in [-0.2, -0.15) is 0 Å². The molecule has 0 radical (unpaired) electrons. The lowest BCUT2D eigenvalue weighted by Gasteiger charge is -2.07. The number of hydrogen-bond acceptors (Lipinski definition) is 6. The number of aromatic nitrogens is 5. The number of benzene rings is 1. The molecule has 0 spiro atoms. The Morgan fingerprint density at radius 3 is 3.00 bits per heavy atom. The van der Waals surface area contributed by atoms with Crippen LogP contribution in [0.25, 0.3) is 10.9 Å². The molecule has 0 atom stereocenters. The van der Waals surface area contributed by atoms with Crippen LogP contribution in [0.2, 0.25) is 0 Å². The Hall–Kier alpha value is -2.15. The quantitative estimate of drug-likeness (QED) is 0.743.